The molecular formula is C46H50F3N11O3. The number of nitrogens with one attached hydrogen (secondary N) is 3. The van der Waals surface area contributed by atoms with E-state index in [0.29, 0.717) is 43.2 Å². The van der Waals surface area contributed by atoms with E-state index in [1.165, 1.54) is 12.5 Å². The van der Waals surface area contributed by atoms with Crippen LogP contribution in [0.15, 0.2) is 72.6 Å². The lowest BCUT2D eigenvalue weighted by Gasteiger charge is -2.56. The average Bonchev–Trinajstić information content (AvgIpc) is 3.96. The number of halogens is 3. The standard InChI is InChI=1S/C46H50F3N11O3/c47-46(48,49)36-22-31(51-37-8-6-32(27-61)52-40(37)28-62)7-9-41(36)58-19-12-45(13-20-58)24-34(25-45)56-17-10-33(11-18-56)60-26-30-21-39(42(23-38(30)55-60)57-14-2-1-3-15-57)53-44(63)35-5-4-16-59-29-50-54-43(35)59/h4-5,7,9,16,21-23,26,29,33-34,37,51-52H,1-3,6,8,10-15,17-20,24-25H2,(H,53,63). The van der Waals surface area contributed by atoms with Crippen molar-refractivity contribution in [1.29, 1.82) is 0 Å². The number of benzene rings is 2. The van der Waals surface area contributed by atoms with Crippen molar-refractivity contribution in [3.8, 4) is 0 Å². The Hall–Kier alpha value is -6.15. The predicted molar refractivity (Wildman–Crippen MR) is 233 cm³/mol. The molecule has 1 atom stereocenters. The van der Waals surface area contributed by atoms with Crippen LogP contribution >= 0.6 is 0 Å². The van der Waals surface area contributed by atoms with Crippen molar-refractivity contribution < 1.29 is 27.6 Å². The van der Waals surface area contributed by atoms with E-state index in [1.807, 2.05) is 17.2 Å². The van der Waals surface area contributed by atoms with Crippen LogP contribution < -0.4 is 25.8 Å². The lowest BCUT2D eigenvalue weighted by molar-refractivity contribution is -0.137. The normalized spacial score (nSPS) is 21.3. The Bertz CT molecular complexity index is 2630. The predicted octanol–water partition coefficient (Wildman–Crippen LogP) is 7.02. The van der Waals surface area contributed by atoms with Gasteiger partial charge in [-0.3, -0.25) is 13.9 Å². The highest BCUT2D eigenvalue weighted by Crippen LogP contribution is 2.53. The zero-order chi connectivity index (χ0) is 43.3. The van der Waals surface area contributed by atoms with Crippen LogP contribution in [0.2, 0.25) is 0 Å². The van der Waals surface area contributed by atoms with Crippen LogP contribution in [-0.2, 0) is 15.8 Å². The fourth-order valence-electron chi connectivity index (χ4n) is 10.7. The Morgan fingerprint density at radius 2 is 1.65 bits per heavy atom. The number of hydrogen-bond acceptors (Lipinski definition) is 11. The highest BCUT2D eigenvalue weighted by atomic mass is 19.4. The number of pyridine rings is 1. The molecule has 5 aromatic rings. The summed E-state index contributed by atoms with van der Waals surface area (Å²) in [6.45, 7) is 4.90. The van der Waals surface area contributed by atoms with Crippen LogP contribution in [0.4, 0.5) is 35.9 Å². The number of carbonyl (C=O) groups excluding carboxylic acids is 3. The Labute approximate surface area is 362 Å². The summed E-state index contributed by atoms with van der Waals surface area (Å²) < 4.78 is 47.3. The molecule has 5 fully saturated rings. The maximum absolute atomic E-state index is 14.5. The molecule has 1 saturated carbocycles. The van der Waals surface area contributed by atoms with E-state index < -0.39 is 17.8 Å². The minimum atomic E-state index is -4.56. The monoisotopic (exact) mass is 861 g/mol. The van der Waals surface area contributed by atoms with Gasteiger partial charge in [-0.1, -0.05) is 0 Å². The van der Waals surface area contributed by atoms with Crippen LogP contribution in [0.3, 0.4) is 0 Å². The quantitative estimate of drug-likeness (QED) is 0.139. The molecule has 10 rings (SSSR count). The van der Waals surface area contributed by atoms with Crippen molar-refractivity contribution in [2.45, 2.75) is 94.9 Å². The summed E-state index contributed by atoms with van der Waals surface area (Å²) in [7, 11) is 0. The number of piperidine rings is 4. The van der Waals surface area contributed by atoms with Gasteiger partial charge in [-0.25, -0.2) is 9.59 Å². The van der Waals surface area contributed by atoms with Gasteiger partial charge in [-0.15, -0.1) is 10.2 Å². The molecule has 2 aromatic carbocycles. The Kier molecular flexibility index (Phi) is 10.7. The average molecular weight is 862 g/mol. The summed E-state index contributed by atoms with van der Waals surface area (Å²) in [5.41, 5.74) is 3.79. The number of allylic oxidation sites excluding steroid dienone is 1. The van der Waals surface area contributed by atoms with Crippen LogP contribution in [0, 0.1) is 5.41 Å². The van der Waals surface area contributed by atoms with E-state index >= 15 is 0 Å². The summed E-state index contributed by atoms with van der Waals surface area (Å²) in [6, 6.07) is 12.2. The van der Waals surface area contributed by atoms with Gasteiger partial charge in [0, 0.05) is 80.9 Å². The number of aromatic nitrogens is 5. The maximum Gasteiger partial charge on any atom is 0.418 e. The molecule has 0 bridgehead atoms. The molecule has 1 unspecified atom stereocenters. The first kappa shape index (κ1) is 40.9. The first-order chi connectivity index (χ1) is 30.6. The highest BCUT2D eigenvalue weighted by Gasteiger charge is 2.49. The van der Waals surface area contributed by atoms with E-state index in [-0.39, 0.29) is 40.1 Å². The minimum Gasteiger partial charge on any atom is -0.376 e. The van der Waals surface area contributed by atoms with Gasteiger partial charge in [-0.05, 0) is 112 Å². The van der Waals surface area contributed by atoms with Crippen LogP contribution in [0.5, 0.6) is 0 Å². The highest BCUT2D eigenvalue weighted by molar-refractivity contribution is 6.10. The third-order valence-electron chi connectivity index (χ3n) is 14.2. The van der Waals surface area contributed by atoms with Crippen molar-refractivity contribution >= 4 is 57.1 Å². The second kappa shape index (κ2) is 16.5. The van der Waals surface area contributed by atoms with E-state index in [0.717, 1.165) is 106 Å². The van der Waals surface area contributed by atoms with Gasteiger partial charge in [0.25, 0.3) is 5.91 Å². The molecule has 14 nitrogen and oxygen atoms in total. The second-order valence-corrected chi connectivity index (χ2v) is 18.0. The molecule has 1 spiro atoms. The molecule has 63 heavy (non-hydrogen) atoms. The SMILES string of the molecule is O=C=C1CCC(Nc2ccc(N3CCC4(CC3)CC(N3CCC(n5cc6cc(NC(=O)c7cccn8cnnc78)c(N7CCCCC7)cc6n5)CC3)C4)c(C(F)(F)F)c2)C(=C=O)N1. The third kappa shape index (κ3) is 8.05. The molecule has 17 heteroatoms. The van der Waals surface area contributed by atoms with Crippen molar-refractivity contribution in [3.63, 3.8) is 0 Å². The lowest BCUT2D eigenvalue weighted by atomic mass is 9.59. The molecule has 4 aliphatic heterocycles. The smallest absolute Gasteiger partial charge is 0.376 e. The van der Waals surface area contributed by atoms with Gasteiger partial charge in [-0.2, -0.15) is 18.3 Å². The molecule has 0 radical (unpaired) electrons. The largest absolute Gasteiger partial charge is 0.418 e. The summed E-state index contributed by atoms with van der Waals surface area (Å²) >= 11 is 0. The van der Waals surface area contributed by atoms with Crippen molar-refractivity contribution in [2.24, 2.45) is 5.41 Å². The number of rotatable bonds is 8. The maximum atomic E-state index is 14.5. The molecule has 5 aliphatic rings. The number of amides is 1. The topological polar surface area (TPSA) is 145 Å². The number of nitrogens with zero attached hydrogens (tertiary/aromatic N) is 8. The fraction of sp³-hybridized carbons (Fsp3) is 0.478. The van der Waals surface area contributed by atoms with E-state index in [2.05, 4.69) is 59.0 Å². The summed E-state index contributed by atoms with van der Waals surface area (Å²) in [4.78, 5) is 43.1. The lowest BCUT2D eigenvalue weighted by Crippen LogP contribution is -2.56. The molecule has 4 saturated heterocycles. The number of likely N-dealkylation sites (tertiary alicyclic amines) is 1. The first-order valence-corrected chi connectivity index (χ1v) is 22.2. The minimum absolute atomic E-state index is 0.0773. The molecule has 7 heterocycles. The molecule has 328 valence electrons. The number of hydrogen-bond donors (Lipinski definition) is 3. The Morgan fingerprint density at radius 3 is 2.40 bits per heavy atom. The van der Waals surface area contributed by atoms with Gasteiger partial charge in [0.1, 0.15) is 29.6 Å². The van der Waals surface area contributed by atoms with E-state index in [4.69, 9.17) is 5.10 Å². The van der Waals surface area contributed by atoms with Crippen molar-refractivity contribution in [3.05, 3.63) is 83.7 Å². The zero-order valence-electron chi connectivity index (χ0n) is 35.0. The number of anilines is 4. The van der Waals surface area contributed by atoms with Gasteiger partial charge < -0.3 is 30.7 Å². The number of alkyl halides is 3. The van der Waals surface area contributed by atoms with Crippen molar-refractivity contribution in [2.75, 3.05) is 59.7 Å². The number of fused-ring (bicyclic) bond motifs is 2. The molecular weight excluding hydrogens is 812 g/mol. The summed E-state index contributed by atoms with van der Waals surface area (Å²) in [5, 5.41) is 23.1. The van der Waals surface area contributed by atoms with Gasteiger partial charge in [0.2, 0.25) is 0 Å². The second-order valence-electron chi connectivity index (χ2n) is 18.0. The van der Waals surface area contributed by atoms with Crippen molar-refractivity contribution in [1.82, 2.24) is 34.6 Å². The van der Waals surface area contributed by atoms with Crippen LogP contribution in [0.1, 0.15) is 92.6 Å². The first-order valence-electron chi connectivity index (χ1n) is 22.2. The van der Waals surface area contributed by atoms with Gasteiger partial charge >= 0.3 is 6.18 Å². The van der Waals surface area contributed by atoms with E-state index in [1.54, 1.807) is 34.7 Å². The fourth-order valence-corrected chi connectivity index (χ4v) is 10.7. The summed E-state index contributed by atoms with van der Waals surface area (Å²) in [5.74, 6) is 3.28. The molecule has 3 aromatic heterocycles. The Balaban J connectivity index is 0.760. The van der Waals surface area contributed by atoms with Crippen LogP contribution in [-0.4, -0.2) is 98.4 Å². The van der Waals surface area contributed by atoms with Gasteiger partial charge in [0.05, 0.1) is 40.1 Å². The number of carbonyl (C=O) groups is 1. The van der Waals surface area contributed by atoms with Gasteiger partial charge in [0.15, 0.2) is 5.65 Å². The summed E-state index contributed by atoms with van der Waals surface area (Å²) in [6.07, 6.45) is 10.8. The molecule has 3 N–H and O–H groups in total. The van der Waals surface area contributed by atoms with Crippen LogP contribution in [0.25, 0.3) is 16.6 Å². The Morgan fingerprint density at radius 1 is 0.873 bits per heavy atom. The third-order valence-corrected chi connectivity index (χ3v) is 14.2. The molecule has 1 amide bonds. The molecule has 1 aliphatic carbocycles. The zero-order valence-corrected chi connectivity index (χ0v) is 35.0. The van der Waals surface area contributed by atoms with E-state index in [9.17, 15) is 27.6 Å².